The zero-order chi connectivity index (χ0) is 13.3. The maximum absolute atomic E-state index is 8.64. The molecule has 2 aromatic rings. The molecule has 1 aromatic carbocycles. The number of nitrogens with two attached hydrogens (primary N) is 1. The van der Waals surface area contributed by atoms with Crippen LogP contribution in [0.15, 0.2) is 33.9 Å². The van der Waals surface area contributed by atoms with E-state index in [2.05, 4.69) is 26.2 Å². The highest BCUT2D eigenvalue weighted by Crippen LogP contribution is 2.23. The predicted molar refractivity (Wildman–Crippen MR) is 73.2 cm³/mol. The second-order valence-corrected chi connectivity index (χ2v) is 4.84. The summed E-state index contributed by atoms with van der Waals surface area (Å²) in [5.74, 6) is 0.0793. The first kappa shape index (κ1) is 12.6. The van der Waals surface area contributed by atoms with Crippen molar-refractivity contribution in [3.05, 3.63) is 45.7 Å². The van der Waals surface area contributed by atoms with Crippen LogP contribution in [0.2, 0.25) is 0 Å². The Balaban J connectivity index is 2.51. The number of aromatic nitrogens is 2. The van der Waals surface area contributed by atoms with Gasteiger partial charge in [-0.15, -0.1) is 0 Å². The zero-order valence-electron chi connectivity index (χ0n) is 10.1. The van der Waals surface area contributed by atoms with Crippen molar-refractivity contribution in [2.45, 2.75) is 13.8 Å². The van der Waals surface area contributed by atoms with Crippen molar-refractivity contribution in [1.29, 1.82) is 0 Å². The van der Waals surface area contributed by atoms with Crippen molar-refractivity contribution in [2.24, 2.45) is 10.9 Å². The van der Waals surface area contributed by atoms with E-state index in [0.717, 1.165) is 21.5 Å². The van der Waals surface area contributed by atoms with Gasteiger partial charge in [-0.25, -0.2) is 4.68 Å². The Hall–Kier alpha value is -1.82. The third kappa shape index (κ3) is 2.24. The Morgan fingerprint density at radius 3 is 2.61 bits per heavy atom. The number of halogens is 1. The average molecular weight is 309 g/mol. The molecule has 5 nitrogen and oxygen atoms in total. The SMILES string of the molecule is Cc1cc(C)n(-c2ccc(/C(N)=N/O)cc2Br)n1. The Morgan fingerprint density at radius 1 is 1.39 bits per heavy atom. The van der Waals surface area contributed by atoms with Gasteiger partial charge in [0.1, 0.15) is 0 Å². The van der Waals surface area contributed by atoms with Crippen LogP contribution in [-0.4, -0.2) is 20.8 Å². The van der Waals surface area contributed by atoms with Gasteiger partial charge in [-0.1, -0.05) is 5.16 Å². The molecule has 1 heterocycles. The topological polar surface area (TPSA) is 76.4 Å². The normalized spacial score (nSPS) is 11.8. The van der Waals surface area contributed by atoms with Crippen LogP contribution in [0.5, 0.6) is 0 Å². The van der Waals surface area contributed by atoms with Crippen LogP contribution >= 0.6 is 15.9 Å². The number of aryl methyl sites for hydroxylation is 2. The molecule has 0 saturated heterocycles. The van der Waals surface area contributed by atoms with Gasteiger partial charge in [0, 0.05) is 15.7 Å². The van der Waals surface area contributed by atoms with E-state index in [1.165, 1.54) is 0 Å². The van der Waals surface area contributed by atoms with Crippen molar-refractivity contribution in [1.82, 2.24) is 9.78 Å². The van der Waals surface area contributed by atoms with Crippen LogP contribution in [-0.2, 0) is 0 Å². The quantitative estimate of drug-likeness (QED) is 0.387. The molecule has 0 saturated carbocycles. The van der Waals surface area contributed by atoms with E-state index in [9.17, 15) is 0 Å². The van der Waals surface area contributed by atoms with Crippen LogP contribution in [0.3, 0.4) is 0 Å². The average Bonchev–Trinajstić information content (AvgIpc) is 2.67. The minimum Gasteiger partial charge on any atom is -0.409 e. The molecular weight excluding hydrogens is 296 g/mol. The highest BCUT2D eigenvalue weighted by Gasteiger charge is 2.09. The van der Waals surface area contributed by atoms with E-state index in [1.54, 1.807) is 12.1 Å². The first-order valence-corrected chi connectivity index (χ1v) is 6.13. The van der Waals surface area contributed by atoms with Gasteiger partial charge in [0.25, 0.3) is 0 Å². The fourth-order valence-electron chi connectivity index (χ4n) is 1.77. The summed E-state index contributed by atoms with van der Waals surface area (Å²) in [6.45, 7) is 3.94. The number of hydrogen-bond acceptors (Lipinski definition) is 3. The van der Waals surface area contributed by atoms with Gasteiger partial charge < -0.3 is 10.9 Å². The maximum atomic E-state index is 8.64. The molecule has 0 aliphatic carbocycles. The summed E-state index contributed by atoms with van der Waals surface area (Å²) in [4.78, 5) is 0. The summed E-state index contributed by atoms with van der Waals surface area (Å²) in [6, 6.07) is 7.45. The van der Waals surface area contributed by atoms with Crippen LogP contribution in [0, 0.1) is 13.8 Å². The van der Waals surface area contributed by atoms with Crippen LogP contribution in [0.1, 0.15) is 17.0 Å². The predicted octanol–water partition coefficient (Wildman–Crippen LogP) is 2.35. The largest absolute Gasteiger partial charge is 0.409 e. The maximum Gasteiger partial charge on any atom is 0.170 e. The Morgan fingerprint density at radius 2 is 2.11 bits per heavy atom. The minimum atomic E-state index is 0.0793. The van der Waals surface area contributed by atoms with E-state index in [-0.39, 0.29) is 5.84 Å². The standard InChI is InChI=1S/C12H13BrN4O/c1-7-5-8(2)17(15-7)11-4-3-9(6-10(11)13)12(14)16-18/h3-6,18H,1-2H3,(H2,14,16). The molecule has 0 atom stereocenters. The summed E-state index contributed by atoms with van der Waals surface area (Å²) in [5, 5.41) is 16.0. The van der Waals surface area contributed by atoms with Crippen LogP contribution in [0.4, 0.5) is 0 Å². The van der Waals surface area contributed by atoms with Gasteiger partial charge in [-0.2, -0.15) is 5.10 Å². The van der Waals surface area contributed by atoms with Gasteiger partial charge in [-0.3, -0.25) is 0 Å². The third-order valence-electron chi connectivity index (χ3n) is 2.59. The van der Waals surface area contributed by atoms with Gasteiger partial charge in [0.15, 0.2) is 5.84 Å². The first-order valence-electron chi connectivity index (χ1n) is 5.34. The molecule has 18 heavy (non-hydrogen) atoms. The number of oxime groups is 1. The molecule has 3 N–H and O–H groups in total. The molecule has 0 bridgehead atoms. The van der Waals surface area contributed by atoms with E-state index < -0.39 is 0 Å². The van der Waals surface area contributed by atoms with Gasteiger partial charge in [0.05, 0.1) is 11.4 Å². The lowest BCUT2D eigenvalue weighted by Crippen LogP contribution is -2.13. The van der Waals surface area contributed by atoms with E-state index in [4.69, 9.17) is 10.9 Å². The minimum absolute atomic E-state index is 0.0793. The third-order valence-corrected chi connectivity index (χ3v) is 3.22. The number of amidine groups is 1. The summed E-state index contributed by atoms with van der Waals surface area (Å²) >= 11 is 3.47. The Labute approximate surface area is 113 Å². The van der Waals surface area contributed by atoms with E-state index in [1.807, 2.05) is 30.7 Å². The molecule has 94 valence electrons. The molecule has 0 aliphatic heterocycles. The summed E-state index contributed by atoms with van der Waals surface area (Å²) in [5.41, 5.74) is 9.11. The van der Waals surface area contributed by atoms with E-state index >= 15 is 0 Å². The van der Waals surface area contributed by atoms with E-state index in [0.29, 0.717) is 5.56 Å². The second kappa shape index (κ2) is 4.81. The number of hydrogen-bond donors (Lipinski definition) is 2. The lowest BCUT2D eigenvalue weighted by molar-refractivity contribution is 0.318. The summed E-state index contributed by atoms with van der Waals surface area (Å²) in [6.07, 6.45) is 0. The first-order chi connectivity index (χ1) is 8.52. The van der Waals surface area contributed by atoms with Gasteiger partial charge >= 0.3 is 0 Å². The van der Waals surface area contributed by atoms with Crippen molar-refractivity contribution in [2.75, 3.05) is 0 Å². The Kier molecular flexibility index (Phi) is 3.38. The fourth-order valence-corrected chi connectivity index (χ4v) is 2.32. The molecule has 0 unspecified atom stereocenters. The molecule has 0 spiro atoms. The molecule has 1 aromatic heterocycles. The fraction of sp³-hybridized carbons (Fsp3) is 0.167. The lowest BCUT2D eigenvalue weighted by Gasteiger charge is -2.08. The van der Waals surface area contributed by atoms with Gasteiger partial charge in [0.2, 0.25) is 0 Å². The second-order valence-electron chi connectivity index (χ2n) is 3.99. The van der Waals surface area contributed by atoms with Crippen molar-refractivity contribution in [3.63, 3.8) is 0 Å². The number of benzene rings is 1. The molecule has 0 aliphatic rings. The summed E-state index contributed by atoms with van der Waals surface area (Å²) in [7, 11) is 0. The molecule has 2 rings (SSSR count). The molecule has 0 fully saturated rings. The number of rotatable bonds is 2. The van der Waals surface area contributed by atoms with Crippen molar-refractivity contribution >= 4 is 21.8 Å². The molecule has 0 amide bonds. The lowest BCUT2D eigenvalue weighted by atomic mass is 10.2. The highest BCUT2D eigenvalue weighted by atomic mass is 79.9. The van der Waals surface area contributed by atoms with Crippen LogP contribution in [0.25, 0.3) is 5.69 Å². The molecule has 6 heteroatoms. The summed E-state index contributed by atoms with van der Waals surface area (Å²) < 4.78 is 2.67. The number of nitrogens with zero attached hydrogens (tertiary/aromatic N) is 3. The Bertz CT molecular complexity index is 619. The highest BCUT2D eigenvalue weighted by molar-refractivity contribution is 9.10. The van der Waals surface area contributed by atoms with Crippen LogP contribution < -0.4 is 5.73 Å². The smallest absolute Gasteiger partial charge is 0.170 e. The molecular formula is C12H13BrN4O. The van der Waals surface area contributed by atoms with Crippen molar-refractivity contribution < 1.29 is 5.21 Å². The zero-order valence-corrected chi connectivity index (χ0v) is 11.6. The van der Waals surface area contributed by atoms with Crippen molar-refractivity contribution in [3.8, 4) is 5.69 Å². The van der Waals surface area contributed by atoms with Gasteiger partial charge in [-0.05, 0) is 54.0 Å². The monoisotopic (exact) mass is 308 g/mol. The molecule has 0 radical (unpaired) electrons.